The first-order chi connectivity index (χ1) is 9.77. The number of carbonyl (C=O) groups is 1. The molecule has 0 atom stereocenters. The van der Waals surface area contributed by atoms with Gasteiger partial charge < -0.3 is 20.9 Å². The lowest BCUT2D eigenvalue weighted by Gasteiger charge is -2.13. The zero-order valence-electron chi connectivity index (χ0n) is 11.4. The SMILES string of the molecule is C=C(NC(C(=O)O)=C(Cl)C(=N)N)c1cnc(OC)nc1C. The molecule has 8 nitrogen and oxygen atoms in total. The molecule has 0 unspecified atom stereocenters. The molecule has 0 aliphatic heterocycles. The minimum atomic E-state index is -1.37. The maximum absolute atomic E-state index is 11.1. The molecule has 21 heavy (non-hydrogen) atoms. The number of carboxylic acid groups (broad SMARTS) is 1. The molecule has 1 aromatic rings. The topological polar surface area (TPSA) is 134 Å². The average molecular weight is 312 g/mol. The van der Waals surface area contributed by atoms with E-state index >= 15 is 0 Å². The Morgan fingerprint density at radius 2 is 2.24 bits per heavy atom. The number of hydrogen-bond acceptors (Lipinski definition) is 6. The van der Waals surface area contributed by atoms with Gasteiger partial charge in [0, 0.05) is 17.5 Å². The molecule has 0 saturated heterocycles. The van der Waals surface area contributed by atoms with Crippen LogP contribution in [0.3, 0.4) is 0 Å². The summed E-state index contributed by atoms with van der Waals surface area (Å²) >= 11 is 5.69. The third-order valence-electron chi connectivity index (χ3n) is 2.41. The number of nitrogens with two attached hydrogens (primary N) is 1. The van der Waals surface area contributed by atoms with Gasteiger partial charge in [-0.15, -0.1) is 0 Å². The van der Waals surface area contributed by atoms with Gasteiger partial charge in [-0.2, -0.15) is 4.98 Å². The molecule has 0 aliphatic carbocycles. The van der Waals surface area contributed by atoms with E-state index < -0.39 is 22.5 Å². The number of rotatable bonds is 6. The van der Waals surface area contributed by atoms with Crippen molar-refractivity contribution >= 4 is 29.1 Å². The molecule has 0 fully saturated rings. The van der Waals surface area contributed by atoms with Crippen molar-refractivity contribution in [1.82, 2.24) is 15.3 Å². The molecule has 0 radical (unpaired) electrons. The number of amidine groups is 1. The Bertz CT molecular complexity index is 642. The van der Waals surface area contributed by atoms with Gasteiger partial charge in [-0.05, 0) is 6.92 Å². The fraction of sp³-hybridized carbons (Fsp3) is 0.167. The second kappa shape index (κ2) is 6.71. The van der Waals surface area contributed by atoms with Gasteiger partial charge in [0.1, 0.15) is 16.6 Å². The molecule has 0 amide bonds. The van der Waals surface area contributed by atoms with Crippen LogP contribution < -0.4 is 15.8 Å². The Kier molecular flexibility index (Phi) is 5.25. The maximum Gasteiger partial charge on any atom is 0.354 e. The Balaban J connectivity index is 3.12. The van der Waals surface area contributed by atoms with Crippen molar-refractivity contribution in [3.05, 3.63) is 34.8 Å². The summed E-state index contributed by atoms with van der Waals surface area (Å²) in [5.74, 6) is -1.94. The minimum absolute atomic E-state index is 0.180. The normalized spacial score (nSPS) is 11.4. The summed E-state index contributed by atoms with van der Waals surface area (Å²) in [6.45, 7) is 5.39. The standard InChI is InChI=1S/C12H14ClN5O3/c1-5(7-4-16-12(21-3)18-6(7)2)17-9(11(19)20)8(13)10(14)15/h4,17H,1H2,2-3H3,(H3,14,15)(H,19,20). The van der Waals surface area contributed by atoms with E-state index in [-0.39, 0.29) is 11.7 Å². The Morgan fingerprint density at radius 3 is 2.67 bits per heavy atom. The molecule has 0 spiro atoms. The van der Waals surface area contributed by atoms with Crippen LogP contribution in [0, 0.1) is 12.3 Å². The number of aliphatic carboxylic acids is 1. The molecule has 1 aromatic heterocycles. The van der Waals surface area contributed by atoms with Crippen molar-refractivity contribution in [2.75, 3.05) is 7.11 Å². The first kappa shape index (κ1) is 16.4. The Morgan fingerprint density at radius 1 is 1.62 bits per heavy atom. The third kappa shape index (κ3) is 3.93. The second-order valence-electron chi connectivity index (χ2n) is 3.87. The van der Waals surface area contributed by atoms with E-state index in [4.69, 9.17) is 32.6 Å². The van der Waals surface area contributed by atoms with E-state index in [1.165, 1.54) is 13.3 Å². The average Bonchev–Trinajstić information content (AvgIpc) is 2.42. The van der Waals surface area contributed by atoms with Crippen LogP contribution in [-0.4, -0.2) is 34.0 Å². The highest BCUT2D eigenvalue weighted by molar-refractivity contribution is 6.44. The van der Waals surface area contributed by atoms with Crippen LogP contribution in [0.15, 0.2) is 23.5 Å². The van der Waals surface area contributed by atoms with E-state index in [0.717, 1.165) is 0 Å². The Hall–Kier alpha value is -2.61. The fourth-order valence-electron chi connectivity index (χ4n) is 1.40. The van der Waals surface area contributed by atoms with E-state index in [1.54, 1.807) is 6.92 Å². The summed E-state index contributed by atoms with van der Waals surface area (Å²) in [6.07, 6.45) is 1.43. The number of nitrogens with one attached hydrogen (secondary N) is 2. The van der Waals surface area contributed by atoms with Gasteiger partial charge in [0.2, 0.25) is 0 Å². The highest BCUT2D eigenvalue weighted by atomic mass is 35.5. The number of methoxy groups -OCH3 is 1. The predicted molar refractivity (Wildman–Crippen MR) is 77.9 cm³/mol. The van der Waals surface area contributed by atoms with Crippen molar-refractivity contribution in [3.8, 4) is 6.01 Å². The highest BCUT2D eigenvalue weighted by Crippen LogP contribution is 2.18. The van der Waals surface area contributed by atoms with Crippen LogP contribution in [0.1, 0.15) is 11.3 Å². The van der Waals surface area contributed by atoms with Gasteiger partial charge in [-0.25, -0.2) is 9.78 Å². The zero-order chi connectivity index (χ0) is 16.2. The number of hydrogen-bond donors (Lipinski definition) is 4. The third-order valence-corrected chi connectivity index (χ3v) is 2.80. The van der Waals surface area contributed by atoms with Crippen LogP contribution in [0.25, 0.3) is 5.70 Å². The van der Waals surface area contributed by atoms with E-state index in [0.29, 0.717) is 11.3 Å². The molecule has 0 aromatic carbocycles. The summed E-state index contributed by atoms with van der Waals surface area (Å²) in [7, 11) is 1.43. The van der Waals surface area contributed by atoms with E-state index in [1.807, 2.05) is 0 Å². The van der Waals surface area contributed by atoms with Gasteiger partial charge in [0.25, 0.3) is 0 Å². The second-order valence-corrected chi connectivity index (χ2v) is 4.25. The summed E-state index contributed by atoms with van der Waals surface area (Å²) in [4.78, 5) is 19.1. The highest BCUT2D eigenvalue weighted by Gasteiger charge is 2.18. The summed E-state index contributed by atoms with van der Waals surface area (Å²) in [5, 5.41) is 18.4. The van der Waals surface area contributed by atoms with Gasteiger partial charge in [0.15, 0.2) is 0 Å². The van der Waals surface area contributed by atoms with Crippen LogP contribution in [0.5, 0.6) is 6.01 Å². The maximum atomic E-state index is 11.1. The molecule has 0 saturated carbocycles. The lowest BCUT2D eigenvalue weighted by atomic mass is 10.2. The summed E-state index contributed by atoms with van der Waals surface area (Å²) in [6, 6.07) is 0.180. The zero-order valence-corrected chi connectivity index (χ0v) is 12.2. The fourth-order valence-corrected chi connectivity index (χ4v) is 1.52. The van der Waals surface area contributed by atoms with Crippen molar-refractivity contribution in [2.45, 2.75) is 6.92 Å². The molecule has 1 heterocycles. The minimum Gasteiger partial charge on any atom is -0.477 e. The Labute approximate surface area is 125 Å². The van der Waals surface area contributed by atoms with Crippen molar-refractivity contribution in [1.29, 1.82) is 5.41 Å². The first-order valence-electron chi connectivity index (χ1n) is 5.59. The van der Waals surface area contributed by atoms with E-state index in [2.05, 4.69) is 21.9 Å². The smallest absolute Gasteiger partial charge is 0.354 e. The van der Waals surface area contributed by atoms with Crippen molar-refractivity contribution in [3.63, 3.8) is 0 Å². The molecular formula is C12H14ClN5O3. The summed E-state index contributed by atoms with van der Waals surface area (Å²) in [5.41, 5.74) is 5.93. The molecule has 0 bridgehead atoms. The molecule has 9 heteroatoms. The molecule has 1 rings (SSSR count). The molecule has 112 valence electrons. The number of ether oxygens (including phenoxy) is 1. The van der Waals surface area contributed by atoms with Gasteiger partial charge in [-0.3, -0.25) is 5.41 Å². The largest absolute Gasteiger partial charge is 0.477 e. The van der Waals surface area contributed by atoms with Crippen LogP contribution in [-0.2, 0) is 4.79 Å². The summed E-state index contributed by atoms with van der Waals surface area (Å²) < 4.78 is 4.88. The quantitative estimate of drug-likeness (QED) is 0.347. The van der Waals surface area contributed by atoms with Crippen LogP contribution in [0.2, 0.25) is 0 Å². The molecule has 0 aliphatic rings. The van der Waals surface area contributed by atoms with E-state index in [9.17, 15) is 4.79 Å². The predicted octanol–water partition coefficient (Wildman–Crippen LogP) is 0.825. The number of halogens is 1. The number of carboxylic acids is 1. The molecular weight excluding hydrogens is 298 g/mol. The van der Waals surface area contributed by atoms with Crippen molar-refractivity contribution in [2.24, 2.45) is 5.73 Å². The first-order valence-corrected chi connectivity index (χ1v) is 5.97. The van der Waals surface area contributed by atoms with Gasteiger partial charge >= 0.3 is 12.0 Å². The van der Waals surface area contributed by atoms with Crippen LogP contribution in [0.4, 0.5) is 0 Å². The number of aromatic nitrogens is 2. The molecule has 5 N–H and O–H groups in total. The number of nitrogens with zero attached hydrogens (tertiary/aromatic N) is 2. The monoisotopic (exact) mass is 311 g/mol. The lowest BCUT2D eigenvalue weighted by Crippen LogP contribution is -2.24. The van der Waals surface area contributed by atoms with Gasteiger partial charge in [0.05, 0.1) is 12.8 Å². The lowest BCUT2D eigenvalue weighted by molar-refractivity contribution is -0.132. The van der Waals surface area contributed by atoms with Crippen molar-refractivity contribution < 1.29 is 14.6 Å². The number of aryl methyl sites for hydroxylation is 1. The van der Waals surface area contributed by atoms with Crippen LogP contribution >= 0.6 is 11.6 Å². The van der Waals surface area contributed by atoms with Gasteiger partial charge in [-0.1, -0.05) is 18.2 Å².